The van der Waals surface area contributed by atoms with E-state index in [0.717, 1.165) is 12.8 Å². The third kappa shape index (κ3) is 38.2. The molecule has 0 aliphatic carbocycles. The van der Waals surface area contributed by atoms with Gasteiger partial charge >= 0.3 is 26.0 Å². The summed E-state index contributed by atoms with van der Waals surface area (Å²) in [6.45, 7) is 2.40. The molecule has 0 aliphatic heterocycles. The monoisotopic (exact) mass is 159 g/mol. The first-order chi connectivity index (χ1) is 3.83. The van der Waals surface area contributed by atoms with Gasteiger partial charge in [0.15, 0.2) is 0 Å². The van der Waals surface area contributed by atoms with Crippen LogP contribution in [-0.4, -0.2) is 11.7 Å². The quantitative estimate of drug-likeness (QED) is 0.647. The normalized spacial score (nSPS) is 6.38. The summed E-state index contributed by atoms with van der Waals surface area (Å²) in [5, 5.41) is 16.7. The van der Waals surface area contributed by atoms with E-state index < -0.39 is 0 Å². The van der Waals surface area contributed by atoms with Gasteiger partial charge in [-0.2, -0.15) is 0 Å². The molecule has 0 aromatic carbocycles. The average molecular weight is 159 g/mol. The maximum atomic E-state index is 8.07. The molecule has 0 aliphatic rings. The van der Waals surface area contributed by atoms with Gasteiger partial charge in [-0.05, 0) is 6.42 Å². The molecule has 0 rings (SSSR count). The molecule has 0 unspecified atom stereocenters. The molecule has 0 aromatic rings. The van der Waals surface area contributed by atoms with Crippen LogP contribution in [0.3, 0.4) is 0 Å². The van der Waals surface area contributed by atoms with Gasteiger partial charge in [-0.3, -0.25) is 0 Å². The van der Waals surface area contributed by atoms with Crippen molar-refractivity contribution in [3.8, 4) is 5.00 Å². The molecular formula is C5H10CoNO. The van der Waals surface area contributed by atoms with E-state index >= 15 is 0 Å². The van der Waals surface area contributed by atoms with Crippen LogP contribution in [0.2, 0.25) is 0 Å². The van der Waals surface area contributed by atoms with Crippen LogP contribution in [0, 0.1) is 10.3 Å². The van der Waals surface area contributed by atoms with Crippen molar-refractivity contribution in [1.29, 1.82) is 5.26 Å². The Balaban J connectivity index is 0. The molecule has 0 bridgehead atoms. The number of unbranched alkanes of at least 4 members (excludes halogenated alkanes) is 1. The zero-order chi connectivity index (χ0) is 6.83. The van der Waals surface area contributed by atoms with Gasteiger partial charge in [0.1, 0.15) is 0 Å². The Kier molecular flexibility index (Phi) is 21.4. The topological polar surface area (TPSA) is 44.0 Å². The maximum absolute atomic E-state index is 8.07. The first kappa shape index (κ1) is 10.9. The Labute approximate surface area is 58.1 Å². The molecular weight excluding hydrogens is 149 g/mol. The van der Waals surface area contributed by atoms with Gasteiger partial charge in [0.05, 0.1) is 0 Å². The molecule has 3 heteroatoms. The molecule has 1 N–H and O–H groups in total. The summed E-state index contributed by atoms with van der Waals surface area (Å²) >= 11 is 3.13. The Bertz CT molecular complexity index is 57.9. The fourth-order valence-corrected chi connectivity index (χ4v) is 0.158. The first-order valence-corrected chi connectivity index (χ1v) is 2.93. The predicted molar refractivity (Wildman–Crippen MR) is 27.6 cm³/mol. The summed E-state index contributed by atoms with van der Waals surface area (Å²) < 4.78 is 0. The van der Waals surface area contributed by atoms with Crippen molar-refractivity contribution >= 4 is 0 Å². The predicted octanol–water partition coefficient (Wildman–Crippen LogP) is 0.793. The second-order valence-electron chi connectivity index (χ2n) is 1.15. The van der Waals surface area contributed by atoms with Crippen LogP contribution in [0.15, 0.2) is 0 Å². The number of rotatable bonds is 2. The van der Waals surface area contributed by atoms with E-state index in [0.29, 0.717) is 6.61 Å². The fourth-order valence-electron chi connectivity index (χ4n) is 0.158. The van der Waals surface area contributed by atoms with Crippen molar-refractivity contribution < 1.29 is 20.8 Å². The van der Waals surface area contributed by atoms with Crippen molar-refractivity contribution in [2.24, 2.45) is 0 Å². The molecule has 0 atom stereocenters. The number of hydrogen-bond acceptors (Lipinski definition) is 2. The van der Waals surface area contributed by atoms with Crippen LogP contribution in [-0.2, 0) is 15.7 Å². The molecule has 0 saturated carbocycles. The van der Waals surface area contributed by atoms with E-state index in [-0.39, 0.29) is 0 Å². The molecule has 50 valence electrons. The van der Waals surface area contributed by atoms with Crippen LogP contribution < -0.4 is 0 Å². The van der Waals surface area contributed by atoms with E-state index in [1.807, 2.05) is 0 Å². The van der Waals surface area contributed by atoms with Gasteiger partial charge in [0.25, 0.3) is 0 Å². The van der Waals surface area contributed by atoms with Crippen LogP contribution in [0.25, 0.3) is 0 Å². The zero-order valence-electron chi connectivity index (χ0n) is 4.85. The second kappa shape index (κ2) is 15.8. The summed E-state index contributed by atoms with van der Waals surface area (Å²) in [6.07, 6.45) is 2.04. The molecule has 0 amide bonds. The molecule has 0 heterocycles. The second-order valence-corrected chi connectivity index (χ2v) is 1.38. The number of nitriles is 1. The van der Waals surface area contributed by atoms with Gasteiger partial charge in [-0.25, -0.2) is 0 Å². The van der Waals surface area contributed by atoms with Gasteiger partial charge in [-0.1, -0.05) is 13.3 Å². The van der Waals surface area contributed by atoms with Crippen molar-refractivity contribution in [3.05, 3.63) is 0 Å². The van der Waals surface area contributed by atoms with Crippen LogP contribution in [0.4, 0.5) is 0 Å². The third-order valence-electron chi connectivity index (χ3n) is 0.512. The molecule has 0 aromatic heterocycles. The van der Waals surface area contributed by atoms with Gasteiger partial charge in [-0.15, -0.1) is 0 Å². The van der Waals surface area contributed by atoms with Crippen molar-refractivity contribution in [2.75, 3.05) is 6.61 Å². The Hall–Kier alpha value is -0.0435. The minimum absolute atomic E-state index is 0.344. The van der Waals surface area contributed by atoms with E-state index in [9.17, 15) is 0 Å². The van der Waals surface area contributed by atoms with Crippen molar-refractivity contribution in [3.63, 3.8) is 0 Å². The molecule has 0 radical (unpaired) electrons. The van der Waals surface area contributed by atoms with Crippen molar-refractivity contribution in [1.82, 2.24) is 0 Å². The number of aliphatic hydroxyl groups excluding tert-OH is 1. The van der Waals surface area contributed by atoms with Crippen LogP contribution >= 0.6 is 0 Å². The zero-order valence-corrected chi connectivity index (χ0v) is 5.89. The van der Waals surface area contributed by atoms with Gasteiger partial charge in [0, 0.05) is 6.61 Å². The average Bonchev–Trinajstić information content (AvgIpc) is 1.71. The molecule has 8 heavy (non-hydrogen) atoms. The number of nitrogens with zero attached hydrogens (tertiary/aromatic N) is 1. The standard InChI is InChI=1S/C4H10O.CN.Co/c1-2-3-4-5;1-2;/h5H,2-4H2,1H3;;. The summed E-state index contributed by atoms with van der Waals surface area (Å²) in [7, 11) is 0. The van der Waals surface area contributed by atoms with Gasteiger partial charge in [0.2, 0.25) is 0 Å². The van der Waals surface area contributed by atoms with E-state index in [1.165, 1.54) is 5.00 Å². The van der Waals surface area contributed by atoms with Gasteiger partial charge < -0.3 is 5.11 Å². The SMILES string of the molecule is CCCCO.N#[C][Co]. The summed E-state index contributed by atoms with van der Waals surface area (Å²) in [6, 6.07) is 0. The van der Waals surface area contributed by atoms with E-state index in [1.54, 1.807) is 0 Å². The van der Waals surface area contributed by atoms with E-state index in [2.05, 4.69) is 22.7 Å². The van der Waals surface area contributed by atoms with Crippen LogP contribution in [0.1, 0.15) is 19.8 Å². The van der Waals surface area contributed by atoms with E-state index in [4.69, 9.17) is 10.4 Å². The third-order valence-corrected chi connectivity index (χ3v) is 0.512. The Morgan fingerprint density at radius 2 is 2.12 bits per heavy atom. The molecule has 0 fully saturated rings. The Morgan fingerprint density at radius 3 is 2.12 bits per heavy atom. The summed E-state index contributed by atoms with van der Waals surface area (Å²) in [5.74, 6) is 0. The van der Waals surface area contributed by atoms with Crippen LogP contribution in [0.5, 0.6) is 0 Å². The minimum atomic E-state index is 0.344. The number of aliphatic hydroxyl groups is 1. The summed E-state index contributed by atoms with van der Waals surface area (Å²) in [4.78, 5) is 0. The fraction of sp³-hybridized carbons (Fsp3) is 0.800. The number of hydrogen-bond donors (Lipinski definition) is 1. The molecule has 0 saturated heterocycles. The summed E-state index contributed by atoms with van der Waals surface area (Å²) in [5.41, 5.74) is 0. The molecule has 2 nitrogen and oxygen atoms in total. The van der Waals surface area contributed by atoms with Crippen molar-refractivity contribution in [2.45, 2.75) is 19.8 Å². The Morgan fingerprint density at radius 1 is 1.75 bits per heavy atom. The molecule has 0 spiro atoms. The first-order valence-electron chi connectivity index (χ1n) is 2.41.